The molecule has 1 aromatic rings. The highest BCUT2D eigenvalue weighted by Crippen LogP contribution is 2.17. The third-order valence-electron chi connectivity index (χ3n) is 2.73. The first kappa shape index (κ1) is 16.1. The van der Waals surface area contributed by atoms with Crippen LogP contribution in [0, 0.1) is 5.41 Å². The van der Waals surface area contributed by atoms with Gasteiger partial charge in [0, 0.05) is 6.54 Å². The third-order valence-corrected chi connectivity index (χ3v) is 4.08. The van der Waals surface area contributed by atoms with Crippen molar-refractivity contribution in [2.45, 2.75) is 39.6 Å². The molecule has 0 aliphatic carbocycles. The maximum atomic E-state index is 11.9. The van der Waals surface area contributed by atoms with Crippen LogP contribution in [0.1, 0.15) is 38.3 Å². The summed E-state index contributed by atoms with van der Waals surface area (Å²) in [5.41, 5.74) is 1.52. The van der Waals surface area contributed by atoms with Gasteiger partial charge in [0.15, 0.2) is 0 Å². The van der Waals surface area contributed by atoms with Crippen LogP contribution in [0.3, 0.4) is 0 Å². The van der Waals surface area contributed by atoms with Crippen LogP contribution in [-0.4, -0.2) is 20.1 Å². The molecule has 0 bridgehead atoms. The molecule has 0 saturated heterocycles. The fourth-order valence-corrected chi connectivity index (χ4v) is 2.80. The van der Waals surface area contributed by atoms with E-state index in [1.54, 1.807) is 24.3 Å². The summed E-state index contributed by atoms with van der Waals surface area (Å²) in [6, 6.07) is 6.99. The third kappa shape index (κ3) is 6.71. The molecule has 1 aromatic carbocycles. The number of rotatable bonds is 6. The molecule has 1 rings (SSSR count). The zero-order valence-corrected chi connectivity index (χ0v) is 12.6. The molecule has 0 amide bonds. The van der Waals surface area contributed by atoms with E-state index in [0.29, 0.717) is 12.1 Å². The van der Waals surface area contributed by atoms with Gasteiger partial charge in [-0.15, -0.1) is 0 Å². The average molecular weight is 285 g/mol. The van der Waals surface area contributed by atoms with Gasteiger partial charge in [0.05, 0.1) is 12.4 Å². The number of aliphatic hydroxyl groups is 1. The van der Waals surface area contributed by atoms with Crippen molar-refractivity contribution < 1.29 is 13.5 Å². The van der Waals surface area contributed by atoms with Crippen LogP contribution in [0.25, 0.3) is 0 Å². The van der Waals surface area contributed by atoms with Gasteiger partial charge in [-0.25, -0.2) is 13.1 Å². The van der Waals surface area contributed by atoms with Gasteiger partial charge < -0.3 is 5.11 Å². The van der Waals surface area contributed by atoms with Gasteiger partial charge in [0.2, 0.25) is 10.0 Å². The first-order valence-corrected chi connectivity index (χ1v) is 8.03. The molecule has 0 spiro atoms. The Hall–Kier alpha value is -0.910. The quantitative estimate of drug-likeness (QED) is 0.840. The van der Waals surface area contributed by atoms with E-state index < -0.39 is 10.0 Å². The summed E-state index contributed by atoms with van der Waals surface area (Å²) >= 11 is 0. The van der Waals surface area contributed by atoms with Crippen molar-refractivity contribution >= 4 is 10.0 Å². The first-order chi connectivity index (χ1) is 8.72. The molecule has 5 heteroatoms. The molecule has 0 fully saturated rings. The number of sulfonamides is 1. The Kier molecular flexibility index (Phi) is 5.52. The van der Waals surface area contributed by atoms with E-state index in [-0.39, 0.29) is 17.8 Å². The molecule has 0 aromatic heterocycles. The second-order valence-corrected chi connectivity index (χ2v) is 7.75. The molecular weight excluding hydrogens is 262 g/mol. The molecule has 19 heavy (non-hydrogen) atoms. The highest BCUT2D eigenvalue weighted by atomic mass is 32.2. The van der Waals surface area contributed by atoms with E-state index in [9.17, 15) is 8.42 Å². The molecule has 0 aliphatic heterocycles. The van der Waals surface area contributed by atoms with E-state index in [1.165, 1.54) is 0 Å². The number of hydrogen-bond donors (Lipinski definition) is 2. The van der Waals surface area contributed by atoms with Crippen LogP contribution in [0.4, 0.5) is 0 Å². The first-order valence-electron chi connectivity index (χ1n) is 6.38. The minimum absolute atomic E-state index is 0.0506. The lowest BCUT2D eigenvalue weighted by atomic mass is 9.93. The maximum absolute atomic E-state index is 11.9. The van der Waals surface area contributed by atoms with E-state index in [0.717, 1.165) is 12.0 Å². The SMILES string of the molecule is CC(C)(C)CCNS(=O)(=O)Cc1cccc(CO)c1. The Bertz CT molecular complexity index is 504. The second kappa shape index (κ2) is 6.50. The van der Waals surface area contributed by atoms with Crippen LogP contribution in [-0.2, 0) is 22.4 Å². The van der Waals surface area contributed by atoms with Gasteiger partial charge in [0.1, 0.15) is 0 Å². The maximum Gasteiger partial charge on any atom is 0.215 e. The summed E-state index contributed by atoms with van der Waals surface area (Å²) in [4.78, 5) is 0. The van der Waals surface area contributed by atoms with E-state index in [2.05, 4.69) is 25.5 Å². The number of aliphatic hydroxyl groups excluding tert-OH is 1. The van der Waals surface area contributed by atoms with Gasteiger partial charge in [-0.05, 0) is 23.0 Å². The van der Waals surface area contributed by atoms with Gasteiger partial charge in [0.25, 0.3) is 0 Å². The van der Waals surface area contributed by atoms with Crippen LogP contribution < -0.4 is 4.72 Å². The summed E-state index contributed by atoms with van der Waals surface area (Å²) in [7, 11) is -3.31. The molecule has 2 N–H and O–H groups in total. The molecule has 108 valence electrons. The summed E-state index contributed by atoms with van der Waals surface area (Å²) in [6.07, 6.45) is 0.795. The standard InChI is InChI=1S/C14H23NO3S/c1-14(2,3)7-8-15-19(17,18)11-13-6-4-5-12(9-13)10-16/h4-6,9,15-16H,7-8,10-11H2,1-3H3. The number of nitrogens with one attached hydrogen (secondary N) is 1. The predicted octanol–water partition coefficient (Wildman–Crippen LogP) is 2.03. The lowest BCUT2D eigenvalue weighted by Crippen LogP contribution is -2.28. The van der Waals surface area contributed by atoms with Crippen molar-refractivity contribution in [1.29, 1.82) is 0 Å². The molecule has 0 unspecified atom stereocenters. The van der Waals surface area contributed by atoms with Crippen LogP contribution in [0.15, 0.2) is 24.3 Å². The summed E-state index contributed by atoms with van der Waals surface area (Å²) in [5.74, 6) is -0.0506. The van der Waals surface area contributed by atoms with Crippen molar-refractivity contribution in [3.63, 3.8) is 0 Å². The van der Waals surface area contributed by atoms with E-state index in [4.69, 9.17) is 5.11 Å². The number of benzene rings is 1. The summed E-state index contributed by atoms with van der Waals surface area (Å²) in [6.45, 7) is 6.60. The van der Waals surface area contributed by atoms with Gasteiger partial charge >= 0.3 is 0 Å². The van der Waals surface area contributed by atoms with Crippen LogP contribution in [0.5, 0.6) is 0 Å². The molecule has 0 saturated carbocycles. The molecular formula is C14H23NO3S. The minimum Gasteiger partial charge on any atom is -0.392 e. The smallest absolute Gasteiger partial charge is 0.215 e. The Balaban J connectivity index is 2.59. The topological polar surface area (TPSA) is 66.4 Å². The molecule has 0 atom stereocenters. The predicted molar refractivity (Wildman–Crippen MR) is 77.1 cm³/mol. The van der Waals surface area contributed by atoms with Crippen molar-refractivity contribution in [3.05, 3.63) is 35.4 Å². The molecule has 0 radical (unpaired) electrons. The zero-order chi connectivity index (χ0) is 14.5. The monoisotopic (exact) mass is 285 g/mol. The van der Waals surface area contributed by atoms with Crippen LogP contribution in [0.2, 0.25) is 0 Å². The lowest BCUT2D eigenvalue weighted by molar-refractivity contribution is 0.281. The minimum atomic E-state index is -3.31. The molecule has 4 nitrogen and oxygen atoms in total. The Morgan fingerprint density at radius 2 is 1.84 bits per heavy atom. The van der Waals surface area contributed by atoms with Crippen molar-refractivity contribution in [1.82, 2.24) is 4.72 Å². The van der Waals surface area contributed by atoms with E-state index in [1.807, 2.05) is 0 Å². The molecule has 0 aliphatic rings. The normalized spacial score (nSPS) is 12.6. The summed E-state index contributed by atoms with van der Waals surface area (Å²) in [5, 5.41) is 9.03. The molecule has 0 heterocycles. The fraction of sp³-hybridized carbons (Fsp3) is 0.571. The second-order valence-electron chi connectivity index (χ2n) is 5.94. The largest absolute Gasteiger partial charge is 0.392 e. The van der Waals surface area contributed by atoms with Crippen molar-refractivity contribution in [2.75, 3.05) is 6.54 Å². The van der Waals surface area contributed by atoms with Gasteiger partial charge in [-0.1, -0.05) is 45.0 Å². The Morgan fingerprint density at radius 1 is 1.21 bits per heavy atom. The van der Waals surface area contributed by atoms with Gasteiger partial charge in [-0.3, -0.25) is 0 Å². The van der Waals surface area contributed by atoms with Crippen molar-refractivity contribution in [2.24, 2.45) is 5.41 Å². The highest BCUT2D eigenvalue weighted by molar-refractivity contribution is 7.88. The highest BCUT2D eigenvalue weighted by Gasteiger charge is 2.14. The Morgan fingerprint density at radius 3 is 2.42 bits per heavy atom. The average Bonchev–Trinajstić information content (AvgIpc) is 2.26. The summed E-state index contributed by atoms with van der Waals surface area (Å²) < 4.78 is 26.4. The fourth-order valence-electron chi connectivity index (χ4n) is 1.67. The van der Waals surface area contributed by atoms with Crippen LogP contribution >= 0.6 is 0 Å². The van der Waals surface area contributed by atoms with Crippen molar-refractivity contribution in [3.8, 4) is 0 Å². The Labute approximate surface area is 115 Å². The van der Waals surface area contributed by atoms with Gasteiger partial charge in [-0.2, -0.15) is 0 Å². The zero-order valence-electron chi connectivity index (χ0n) is 11.8. The number of hydrogen-bond acceptors (Lipinski definition) is 3. The lowest BCUT2D eigenvalue weighted by Gasteiger charge is -2.18. The van der Waals surface area contributed by atoms with E-state index >= 15 is 0 Å².